The molecule has 0 spiro atoms. The fraction of sp³-hybridized carbons (Fsp3) is 0.900. The van der Waals surface area contributed by atoms with Crippen molar-refractivity contribution < 1.29 is 9.90 Å². The Bertz CT molecular complexity index is 151. The van der Waals surface area contributed by atoms with Crippen molar-refractivity contribution in [2.24, 2.45) is 0 Å². The highest BCUT2D eigenvalue weighted by Gasteiger charge is 2.07. The number of likely N-dealkylation sites (N-methyl/N-ethyl adjacent to an activating group) is 1. The van der Waals surface area contributed by atoms with Gasteiger partial charge in [-0.25, -0.2) is 0 Å². The van der Waals surface area contributed by atoms with E-state index in [9.17, 15) is 4.79 Å². The molecule has 0 aliphatic heterocycles. The van der Waals surface area contributed by atoms with Gasteiger partial charge in [0, 0.05) is 13.6 Å². The molecule has 0 fully saturated rings. The van der Waals surface area contributed by atoms with Gasteiger partial charge in [-0.05, 0) is 13.0 Å². The number of unbranched alkanes of at least 4 members (excludes halogenated alkanes) is 2. The Hall–Kier alpha value is -0.610. The molecule has 0 aliphatic carbocycles. The van der Waals surface area contributed by atoms with Gasteiger partial charge in [0.25, 0.3) is 0 Å². The number of nitrogens with one attached hydrogen (secondary N) is 1. The van der Waals surface area contributed by atoms with Crippen LogP contribution in [0.3, 0.4) is 0 Å². The monoisotopic (exact) mass is 202 g/mol. The van der Waals surface area contributed by atoms with Gasteiger partial charge < -0.3 is 10.4 Å². The number of rotatable bonds is 8. The molecular formula is C10H22N2O2. The Morgan fingerprint density at radius 1 is 1.36 bits per heavy atom. The van der Waals surface area contributed by atoms with Crippen molar-refractivity contribution in [2.75, 3.05) is 33.3 Å². The highest BCUT2D eigenvalue weighted by Crippen LogP contribution is 1.97. The maximum atomic E-state index is 11.1. The molecule has 0 aromatic heterocycles. The van der Waals surface area contributed by atoms with Crippen molar-refractivity contribution in [3.63, 3.8) is 0 Å². The first-order valence-corrected chi connectivity index (χ1v) is 5.28. The van der Waals surface area contributed by atoms with E-state index in [-0.39, 0.29) is 12.5 Å². The third-order valence-electron chi connectivity index (χ3n) is 2.14. The summed E-state index contributed by atoms with van der Waals surface area (Å²) in [4.78, 5) is 13.1. The van der Waals surface area contributed by atoms with E-state index in [2.05, 4.69) is 12.2 Å². The van der Waals surface area contributed by atoms with Crippen LogP contribution in [0.1, 0.15) is 26.2 Å². The lowest BCUT2D eigenvalue weighted by Gasteiger charge is -2.19. The first kappa shape index (κ1) is 13.4. The zero-order chi connectivity index (χ0) is 10.8. The second-order valence-electron chi connectivity index (χ2n) is 3.38. The molecule has 0 unspecified atom stereocenters. The van der Waals surface area contributed by atoms with Crippen molar-refractivity contribution in [3.05, 3.63) is 0 Å². The lowest BCUT2D eigenvalue weighted by Crippen LogP contribution is -2.37. The molecule has 84 valence electrons. The van der Waals surface area contributed by atoms with E-state index < -0.39 is 0 Å². The van der Waals surface area contributed by atoms with Crippen LogP contribution in [-0.2, 0) is 4.79 Å². The molecule has 0 heterocycles. The molecule has 0 rings (SSSR count). The normalized spacial score (nSPS) is 10.6. The molecule has 4 nitrogen and oxygen atoms in total. The summed E-state index contributed by atoms with van der Waals surface area (Å²) < 4.78 is 0. The maximum Gasteiger partial charge on any atom is 0.233 e. The van der Waals surface area contributed by atoms with Gasteiger partial charge in [0.1, 0.15) is 0 Å². The number of aliphatic hydroxyl groups is 1. The molecule has 14 heavy (non-hydrogen) atoms. The molecule has 4 heteroatoms. The van der Waals surface area contributed by atoms with Crippen LogP contribution in [0.25, 0.3) is 0 Å². The highest BCUT2D eigenvalue weighted by atomic mass is 16.3. The zero-order valence-corrected chi connectivity index (χ0v) is 9.25. The lowest BCUT2D eigenvalue weighted by atomic mass is 10.2. The Morgan fingerprint density at radius 2 is 2.07 bits per heavy atom. The van der Waals surface area contributed by atoms with Gasteiger partial charge in [-0.15, -0.1) is 0 Å². The zero-order valence-electron chi connectivity index (χ0n) is 9.25. The van der Waals surface area contributed by atoms with Gasteiger partial charge in [0.2, 0.25) is 5.91 Å². The Balaban J connectivity index is 3.70. The molecule has 0 saturated heterocycles. The lowest BCUT2D eigenvalue weighted by molar-refractivity contribution is -0.121. The Labute approximate surface area is 86.3 Å². The van der Waals surface area contributed by atoms with Gasteiger partial charge in [0.05, 0.1) is 13.2 Å². The highest BCUT2D eigenvalue weighted by molar-refractivity contribution is 5.77. The smallest absolute Gasteiger partial charge is 0.233 e. The summed E-state index contributed by atoms with van der Waals surface area (Å²) in [6, 6.07) is 0. The minimum absolute atomic E-state index is 0.00921. The van der Waals surface area contributed by atoms with Crippen molar-refractivity contribution in [3.8, 4) is 0 Å². The number of nitrogens with zero attached hydrogens (tertiary/aromatic N) is 1. The summed E-state index contributed by atoms with van der Waals surface area (Å²) in [5, 5.41) is 11.4. The minimum Gasteiger partial charge on any atom is -0.395 e. The average molecular weight is 202 g/mol. The topological polar surface area (TPSA) is 52.6 Å². The number of carbonyl (C=O) groups excluding carboxylic acids is 1. The maximum absolute atomic E-state index is 11.1. The largest absolute Gasteiger partial charge is 0.395 e. The Kier molecular flexibility index (Phi) is 8.57. The third-order valence-corrected chi connectivity index (χ3v) is 2.14. The second-order valence-corrected chi connectivity index (χ2v) is 3.38. The number of aliphatic hydroxyl groups excluding tert-OH is 1. The first-order chi connectivity index (χ1) is 6.74. The van der Waals surface area contributed by atoms with Crippen molar-refractivity contribution in [2.45, 2.75) is 26.2 Å². The van der Waals surface area contributed by atoms with E-state index >= 15 is 0 Å². The number of carbonyl (C=O) groups is 1. The van der Waals surface area contributed by atoms with Crippen molar-refractivity contribution in [1.29, 1.82) is 0 Å². The van der Waals surface area contributed by atoms with Crippen LogP contribution in [-0.4, -0.2) is 49.2 Å². The van der Waals surface area contributed by atoms with E-state index in [1.165, 1.54) is 12.8 Å². The van der Waals surface area contributed by atoms with Gasteiger partial charge in [-0.1, -0.05) is 19.8 Å². The van der Waals surface area contributed by atoms with Crippen LogP contribution < -0.4 is 5.32 Å². The van der Waals surface area contributed by atoms with E-state index in [0.717, 1.165) is 13.0 Å². The van der Waals surface area contributed by atoms with Crippen LogP contribution in [0, 0.1) is 0 Å². The fourth-order valence-corrected chi connectivity index (χ4v) is 1.28. The van der Waals surface area contributed by atoms with E-state index in [1.54, 1.807) is 7.05 Å². The quantitative estimate of drug-likeness (QED) is 0.553. The second kappa shape index (κ2) is 8.97. The molecule has 0 aliphatic rings. The molecule has 0 radical (unpaired) electrons. The van der Waals surface area contributed by atoms with E-state index in [4.69, 9.17) is 5.11 Å². The predicted octanol–water partition coefficient (Wildman–Crippen LogP) is 0.217. The van der Waals surface area contributed by atoms with E-state index in [1.807, 2.05) is 4.90 Å². The summed E-state index contributed by atoms with van der Waals surface area (Å²) >= 11 is 0. The van der Waals surface area contributed by atoms with Crippen molar-refractivity contribution in [1.82, 2.24) is 10.2 Å². The Morgan fingerprint density at radius 3 is 2.57 bits per heavy atom. The van der Waals surface area contributed by atoms with Gasteiger partial charge in [-0.3, -0.25) is 9.69 Å². The predicted molar refractivity (Wildman–Crippen MR) is 57.1 cm³/mol. The minimum atomic E-state index is 0.00921. The van der Waals surface area contributed by atoms with Gasteiger partial charge in [-0.2, -0.15) is 0 Å². The van der Waals surface area contributed by atoms with Crippen LogP contribution in [0.4, 0.5) is 0 Å². The first-order valence-electron chi connectivity index (χ1n) is 5.28. The summed E-state index contributed by atoms with van der Waals surface area (Å²) in [7, 11) is 1.63. The van der Waals surface area contributed by atoms with Gasteiger partial charge >= 0.3 is 0 Å². The molecule has 0 aromatic rings. The molecule has 0 saturated carbocycles. The average Bonchev–Trinajstić information content (AvgIpc) is 2.18. The SMILES string of the molecule is CCCCCN(CCO)CC(=O)NC. The van der Waals surface area contributed by atoms with Crippen molar-refractivity contribution >= 4 is 5.91 Å². The third kappa shape index (κ3) is 6.86. The van der Waals surface area contributed by atoms with Gasteiger partial charge in [0.15, 0.2) is 0 Å². The molecule has 0 bridgehead atoms. The molecule has 0 aromatic carbocycles. The summed E-state index contributed by atoms with van der Waals surface area (Å²) in [6.07, 6.45) is 3.44. The standard InChI is InChI=1S/C10H22N2O2/c1-3-4-5-6-12(7-8-13)9-10(14)11-2/h13H,3-9H2,1-2H3,(H,11,14). The fourth-order valence-electron chi connectivity index (χ4n) is 1.28. The number of hydrogen-bond acceptors (Lipinski definition) is 3. The van der Waals surface area contributed by atoms with Crippen LogP contribution in [0.2, 0.25) is 0 Å². The molecular weight excluding hydrogens is 180 g/mol. The molecule has 2 N–H and O–H groups in total. The number of hydrogen-bond donors (Lipinski definition) is 2. The van der Waals surface area contributed by atoms with Crippen LogP contribution in [0.15, 0.2) is 0 Å². The van der Waals surface area contributed by atoms with E-state index in [0.29, 0.717) is 13.1 Å². The van der Waals surface area contributed by atoms with Crippen LogP contribution in [0.5, 0.6) is 0 Å². The summed E-state index contributed by atoms with van der Waals surface area (Å²) in [5.41, 5.74) is 0. The van der Waals surface area contributed by atoms with Crippen LogP contribution >= 0.6 is 0 Å². The summed E-state index contributed by atoms with van der Waals surface area (Å²) in [5.74, 6) is 0.00921. The summed E-state index contributed by atoms with van der Waals surface area (Å²) in [6.45, 7) is 4.12. The molecule has 0 atom stereocenters. The number of amides is 1. The molecule has 1 amide bonds.